The third-order valence-corrected chi connectivity index (χ3v) is 5.24. The van der Waals surface area contributed by atoms with Gasteiger partial charge in [-0.2, -0.15) is 0 Å². The fraction of sp³-hybridized carbons (Fsp3) is 0.538. The lowest BCUT2D eigenvalue weighted by atomic mass is 10.1. The molecule has 1 unspecified atom stereocenters. The molecule has 0 heterocycles. The number of benzene rings is 1. The number of nitrogens with two attached hydrogens (primary N) is 1. The van der Waals surface area contributed by atoms with Crippen molar-refractivity contribution in [3.63, 3.8) is 0 Å². The van der Waals surface area contributed by atoms with E-state index in [4.69, 9.17) is 5.73 Å². The van der Waals surface area contributed by atoms with Crippen LogP contribution in [0.3, 0.4) is 0 Å². The van der Waals surface area contributed by atoms with Gasteiger partial charge in [-0.05, 0) is 48.9 Å². The summed E-state index contributed by atoms with van der Waals surface area (Å²) in [6, 6.07) is 3.49. The lowest BCUT2D eigenvalue weighted by Crippen LogP contribution is -2.29. The van der Waals surface area contributed by atoms with Gasteiger partial charge in [-0.3, -0.25) is 0 Å². The molecule has 1 aromatic carbocycles. The molecular weight excluding hydrogens is 248 g/mol. The predicted molar refractivity (Wildman–Crippen MR) is 72.8 cm³/mol. The first kappa shape index (κ1) is 13.4. The summed E-state index contributed by atoms with van der Waals surface area (Å²) in [5.41, 5.74) is 7.88. The highest BCUT2D eigenvalue weighted by molar-refractivity contribution is 7.89. The Kier molecular flexibility index (Phi) is 2.94. The molecule has 1 aliphatic rings. The normalized spacial score (nSPS) is 21.9. The van der Waals surface area contributed by atoms with Gasteiger partial charge in [0.25, 0.3) is 0 Å². The molecule has 0 bridgehead atoms. The number of nitrogen functional groups attached to an aromatic ring is 1. The highest BCUT2D eigenvalue weighted by atomic mass is 32.2. The minimum absolute atomic E-state index is 0.0311. The summed E-state index contributed by atoms with van der Waals surface area (Å²) in [6.45, 7) is 7.69. The van der Waals surface area contributed by atoms with Crippen LogP contribution in [0.2, 0.25) is 0 Å². The van der Waals surface area contributed by atoms with Crippen LogP contribution in [-0.4, -0.2) is 14.5 Å². The monoisotopic (exact) mass is 268 g/mol. The number of hydrogen-bond donors (Lipinski definition) is 2. The van der Waals surface area contributed by atoms with E-state index in [1.165, 1.54) is 0 Å². The van der Waals surface area contributed by atoms with Crippen LogP contribution in [0, 0.1) is 19.3 Å². The molecule has 0 spiro atoms. The molecule has 1 atom stereocenters. The molecule has 1 saturated carbocycles. The Bertz CT molecular complexity index is 591. The van der Waals surface area contributed by atoms with E-state index in [0.29, 0.717) is 16.1 Å². The Hall–Kier alpha value is -1.07. The van der Waals surface area contributed by atoms with E-state index >= 15 is 0 Å². The molecule has 100 valence electrons. The molecule has 0 saturated heterocycles. The van der Waals surface area contributed by atoms with E-state index in [0.717, 1.165) is 12.0 Å². The second-order valence-electron chi connectivity index (χ2n) is 5.84. The molecule has 18 heavy (non-hydrogen) atoms. The lowest BCUT2D eigenvalue weighted by molar-refractivity contribution is 0.554. The van der Waals surface area contributed by atoms with Crippen LogP contribution in [0.4, 0.5) is 5.69 Å². The fourth-order valence-electron chi connectivity index (χ4n) is 2.05. The molecule has 5 heteroatoms. The van der Waals surface area contributed by atoms with Crippen molar-refractivity contribution in [2.45, 2.75) is 45.1 Å². The number of nitrogens with one attached hydrogen (secondary N) is 1. The minimum atomic E-state index is -3.47. The first-order valence-electron chi connectivity index (χ1n) is 6.02. The van der Waals surface area contributed by atoms with E-state index in [2.05, 4.69) is 18.6 Å². The SMILES string of the molecule is Cc1cc(N)c(C)c(S(=O)(=O)NC2CC2(C)C)c1. The Morgan fingerprint density at radius 3 is 2.39 bits per heavy atom. The summed E-state index contributed by atoms with van der Waals surface area (Å²) in [5, 5.41) is 0. The zero-order valence-corrected chi connectivity index (χ0v) is 12.1. The third-order valence-electron chi connectivity index (χ3n) is 3.64. The van der Waals surface area contributed by atoms with E-state index in [1.54, 1.807) is 19.1 Å². The Morgan fingerprint density at radius 2 is 1.89 bits per heavy atom. The van der Waals surface area contributed by atoms with Crippen LogP contribution in [0.15, 0.2) is 17.0 Å². The van der Waals surface area contributed by atoms with Gasteiger partial charge in [0.15, 0.2) is 0 Å². The van der Waals surface area contributed by atoms with Crippen LogP contribution in [0.25, 0.3) is 0 Å². The summed E-state index contributed by atoms with van der Waals surface area (Å²) < 4.78 is 27.4. The van der Waals surface area contributed by atoms with Crippen molar-refractivity contribution in [3.8, 4) is 0 Å². The van der Waals surface area contributed by atoms with Crippen molar-refractivity contribution in [2.24, 2.45) is 5.41 Å². The maximum atomic E-state index is 12.3. The van der Waals surface area contributed by atoms with Crippen molar-refractivity contribution in [1.29, 1.82) is 0 Å². The van der Waals surface area contributed by atoms with Crippen molar-refractivity contribution < 1.29 is 8.42 Å². The highest BCUT2D eigenvalue weighted by Gasteiger charge is 2.48. The van der Waals surface area contributed by atoms with Gasteiger partial charge in [-0.25, -0.2) is 13.1 Å². The van der Waals surface area contributed by atoms with Crippen LogP contribution in [-0.2, 0) is 10.0 Å². The Balaban J connectivity index is 2.36. The number of aryl methyl sites for hydroxylation is 1. The molecular formula is C13H20N2O2S. The maximum Gasteiger partial charge on any atom is 0.241 e. The van der Waals surface area contributed by atoms with Crippen molar-refractivity contribution >= 4 is 15.7 Å². The molecule has 0 aromatic heterocycles. The van der Waals surface area contributed by atoms with Crippen molar-refractivity contribution in [2.75, 3.05) is 5.73 Å². The topological polar surface area (TPSA) is 72.2 Å². The quantitative estimate of drug-likeness (QED) is 0.823. The largest absolute Gasteiger partial charge is 0.398 e. The maximum absolute atomic E-state index is 12.3. The van der Waals surface area contributed by atoms with Gasteiger partial charge in [-0.15, -0.1) is 0 Å². The molecule has 4 nitrogen and oxygen atoms in total. The summed E-state index contributed by atoms with van der Waals surface area (Å²) in [6.07, 6.45) is 0.882. The zero-order valence-electron chi connectivity index (χ0n) is 11.2. The molecule has 1 fully saturated rings. The molecule has 0 radical (unpaired) electrons. The number of anilines is 1. The number of sulfonamides is 1. The van der Waals surface area contributed by atoms with E-state index in [1.807, 2.05) is 6.92 Å². The number of hydrogen-bond acceptors (Lipinski definition) is 3. The van der Waals surface area contributed by atoms with Gasteiger partial charge in [0.05, 0.1) is 4.90 Å². The van der Waals surface area contributed by atoms with Gasteiger partial charge in [0.2, 0.25) is 10.0 Å². The molecule has 0 aliphatic heterocycles. The van der Waals surface area contributed by atoms with Gasteiger partial charge in [0.1, 0.15) is 0 Å². The number of rotatable bonds is 3. The van der Waals surface area contributed by atoms with E-state index in [9.17, 15) is 8.42 Å². The minimum Gasteiger partial charge on any atom is -0.398 e. The van der Waals surface area contributed by atoms with Gasteiger partial charge in [-0.1, -0.05) is 13.8 Å². The Morgan fingerprint density at radius 1 is 1.33 bits per heavy atom. The van der Waals surface area contributed by atoms with Gasteiger partial charge >= 0.3 is 0 Å². The highest BCUT2D eigenvalue weighted by Crippen LogP contribution is 2.45. The fourth-order valence-corrected chi connectivity index (χ4v) is 3.82. The third kappa shape index (κ3) is 2.37. The molecule has 1 aromatic rings. The van der Waals surface area contributed by atoms with E-state index in [-0.39, 0.29) is 11.5 Å². The first-order chi connectivity index (χ1) is 8.13. The van der Waals surface area contributed by atoms with E-state index < -0.39 is 10.0 Å². The molecule has 3 N–H and O–H groups in total. The summed E-state index contributed by atoms with van der Waals surface area (Å²) >= 11 is 0. The van der Waals surface area contributed by atoms with Gasteiger partial charge < -0.3 is 5.73 Å². The molecule has 1 aliphatic carbocycles. The van der Waals surface area contributed by atoms with Crippen molar-refractivity contribution in [3.05, 3.63) is 23.3 Å². The summed E-state index contributed by atoms with van der Waals surface area (Å²) in [4.78, 5) is 0.294. The standard InChI is InChI=1S/C13H20N2O2S/c1-8-5-10(14)9(2)11(6-8)18(16,17)15-12-7-13(12,3)4/h5-6,12,15H,7,14H2,1-4H3. The van der Waals surface area contributed by atoms with Gasteiger partial charge in [0, 0.05) is 11.7 Å². The van der Waals surface area contributed by atoms with Crippen LogP contribution < -0.4 is 10.5 Å². The van der Waals surface area contributed by atoms with Crippen molar-refractivity contribution in [1.82, 2.24) is 4.72 Å². The van der Waals surface area contributed by atoms with Crippen LogP contribution >= 0.6 is 0 Å². The average Bonchev–Trinajstić information content (AvgIpc) is 2.78. The summed E-state index contributed by atoms with van der Waals surface area (Å²) in [5.74, 6) is 0. The Labute approximate surface area is 109 Å². The van der Waals surface area contributed by atoms with Crippen LogP contribution in [0.5, 0.6) is 0 Å². The summed E-state index contributed by atoms with van der Waals surface area (Å²) in [7, 11) is -3.47. The molecule has 2 rings (SSSR count). The van der Waals surface area contributed by atoms with Crippen LogP contribution in [0.1, 0.15) is 31.4 Å². The average molecular weight is 268 g/mol. The second-order valence-corrected chi connectivity index (χ2v) is 7.53. The first-order valence-corrected chi connectivity index (χ1v) is 7.51. The predicted octanol–water partition coefficient (Wildman–Crippen LogP) is 1.96. The smallest absolute Gasteiger partial charge is 0.241 e. The second kappa shape index (κ2) is 3.96. The zero-order chi connectivity index (χ0) is 13.7. The molecule has 0 amide bonds. The lowest BCUT2D eigenvalue weighted by Gasteiger charge is -2.13.